The molecule has 0 aliphatic carbocycles. The molecule has 17 heavy (non-hydrogen) atoms. The summed E-state index contributed by atoms with van der Waals surface area (Å²) >= 11 is 7.69. The molecular formula is C11H7Br2F2NS. The van der Waals surface area contributed by atoms with Gasteiger partial charge in [-0.2, -0.15) is 0 Å². The van der Waals surface area contributed by atoms with Gasteiger partial charge in [-0.15, -0.1) is 11.3 Å². The molecule has 1 aromatic heterocycles. The standard InChI is InChI=1S/C11H7Br2F2NS/c12-5-3-7(14)9(8(15)4-5)10(16)11-6(13)1-2-17-11/h1-4,10H,16H2. The van der Waals surface area contributed by atoms with Gasteiger partial charge in [0.2, 0.25) is 0 Å². The zero-order valence-electron chi connectivity index (χ0n) is 8.38. The van der Waals surface area contributed by atoms with Gasteiger partial charge in [-0.3, -0.25) is 0 Å². The van der Waals surface area contributed by atoms with Crippen molar-refractivity contribution in [2.75, 3.05) is 0 Å². The van der Waals surface area contributed by atoms with E-state index in [9.17, 15) is 8.78 Å². The monoisotopic (exact) mass is 381 g/mol. The van der Waals surface area contributed by atoms with Gasteiger partial charge in [0, 0.05) is 19.4 Å². The summed E-state index contributed by atoms with van der Waals surface area (Å²) in [6, 6.07) is 3.41. The smallest absolute Gasteiger partial charge is 0.132 e. The predicted octanol–water partition coefficient (Wildman–Crippen LogP) is 4.60. The van der Waals surface area contributed by atoms with Crippen molar-refractivity contribution in [3.63, 3.8) is 0 Å². The third kappa shape index (κ3) is 2.59. The van der Waals surface area contributed by atoms with Crippen LogP contribution in [0.15, 0.2) is 32.5 Å². The van der Waals surface area contributed by atoms with Crippen LogP contribution in [-0.2, 0) is 0 Å². The average Bonchev–Trinajstić information content (AvgIpc) is 2.62. The SMILES string of the molecule is NC(c1sccc1Br)c1c(F)cc(Br)cc1F. The largest absolute Gasteiger partial charge is 0.319 e. The summed E-state index contributed by atoms with van der Waals surface area (Å²) in [4.78, 5) is 0.699. The maximum atomic E-state index is 13.7. The van der Waals surface area contributed by atoms with E-state index in [-0.39, 0.29) is 5.56 Å². The number of hydrogen-bond acceptors (Lipinski definition) is 2. The third-order valence-corrected chi connectivity index (χ3v) is 4.69. The lowest BCUT2D eigenvalue weighted by Gasteiger charge is -2.13. The third-order valence-electron chi connectivity index (χ3n) is 2.28. The highest BCUT2D eigenvalue weighted by Gasteiger charge is 2.21. The second-order valence-corrected chi connectivity index (χ2v) is 6.11. The predicted molar refractivity (Wildman–Crippen MR) is 72.1 cm³/mol. The van der Waals surface area contributed by atoms with Gasteiger partial charge in [-0.1, -0.05) is 15.9 Å². The molecule has 90 valence electrons. The van der Waals surface area contributed by atoms with Crippen LogP contribution in [0.25, 0.3) is 0 Å². The first kappa shape index (κ1) is 13.1. The Kier molecular flexibility index (Phi) is 3.97. The second-order valence-electron chi connectivity index (χ2n) is 3.39. The van der Waals surface area contributed by atoms with E-state index in [1.165, 1.54) is 23.5 Å². The van der Waals surface area contributed by atoms with Gasteiger partial charge >= 0.3 is 0 Å². The molecule has 0 amide bonds. The Morgan fingerprint density at radius 2 is 1.76 bits per heavy atom. The van der Waals surface area contributed by atoms with E-state index in [2.05, 4.69) is 31.9 Å². The molecule has 1 heterocycles. The van der Waals surface area contributed by atoms with E-state index in [4.69, 9.17) is 5.73 Å². The van der Waals surface area contributed by atoms with E-state index < -0.39 is 17.7 Å². The Hall–Kier alpha value is -0.300. The minimum atomic E-state index is -0.808. The Morgan fingerprint density at radius 1 is 1.18 bits per heavy atom. The van der Waals surface area contributed by atoms with Gasteiger partial charge in [0.15, 0.2) is 0 Å². The van der Waals surface area contributed by atoms with Crippen LogP contribution in [-0.4, -0.2) is 0 Å². The Morgan fingerprint density at radius 3 is 2.24 bits per heavy atom. The van der Waals surface area contributed by atoms with Gasteiger partial charge in [0.25, 0.3) is 0 Å². The number of nitrogens with two attached hydrogens (primary N) is 1. The van der Waals surface area contributed by atoms with E-state index >= 15 is 0 Å². The van der Waals surface area contributed by atoms with Gasteiger partial charge in [-0.25, -0.2) is 8.78 Å². The summed E-state index contributed by atoms with van der Waals surface area (Å²) in [5.74, 6) is -1.30. The first-order valence-corrected chi connectivity index (χ1v) is 7.10. The Bertz CT molecular complexity index is 533. The molecular weight excluding hydrogens is 376 g/mol. The maximum absolute atomic E-state index is 13.7. The van der Waals surface area contributed by atoms with E-state index in [0.29, 0.717) is 9.35 Å². The van der Waals surface area contributed by atoms with Crippen molar-refractivity contribution in [3.8, 4) is 0 Å². The number of benzene rings is 1. The zero-order valence-corrected chi connectivity index (χ0v) is 12.4. The molecule has 1 unspecified atom stereocenters. The molecule has 0 aliphatic heterocycles. The molecule has 2 aromatic rings. The van der Waals surface area contributed by atoms with Crippen molar-refractivity contribution in [2.45, 2.75) is 6.04 Å². The molecule has 0 saturated heterocycles. The van der Waals surface area contributed by atoms with Crippen molar-refractivity contribution in [3.05, 3.63) is 54.6 Å². The Balaban J connectivity index is 2.51. The fourth-order valence-corrected chi connectivity index (χ4v) is 3.54. The van der Waals surface area contributed by atoms with Gasteiger partial charge in [0.05, 0.1) is 6.04 Å². The average molecular weight is 383 g/mol. The second kappa shape index (κ2) is 5.14. The summed E-state index contributed by atoms with van der Waals surface area (Å²) in [7, 11) is 0. The fraction of sp³-hybridized carbons (Fsp3) is 0.0909. The molecule has 0 bridgehead atoms. The van der Waals surface area contributed by atoms with E-state index in [1.807, 2.05) is 5.38 Å². The summed E-state index contributed by atoms with van der Waals surface area (Å²) in [5, 5.41) is 1.81. The minimum absolute atomic E-state index is 0.114. The molecule has 1 atom stereocenters. The minimum Gasteiger partial charge on any atom is -0.319 e. The van der Waals surface area contributed by atoms with Crippen LogP contribution in [0.3, 0.4) is 0 Å². The number of thiophene rings is 1. The van der Waals surface area contributed by atoms with Crippen LogP contribution in [0.1, 0.15) is 16.5 Å². The van der Waals surface area contributed by atoms with Crippen LogP contribution in [0.4, 0.5) is 8.78 Å². The van der Waals surface area contributed by atoms with Crippen molar-refractivity contribution in [1.29, 1.82) is 0 Å². The summed E-state index contributed by atoms with van der Waals surface area (Å²) < 4.78 is 28.6. The van der Waals surface area contributed by atoms with Crippen molar-refractivity contribution >= 4 is 43.2 Å². The van der Waals surface area contributed by atoms with Crippen LogP contribution < -0.4 is 5.73 Å². The quantitative estimate of drug-likeness (QED) is 0.806. The number of hydrogen-bond donors (Lipinski definition) is 1. The molecule has 0 aliphatic rings. The first-order chi connectivity index (χ1) is 8.00. The molecule has 0 fully saturated rings. The van der Waals surface area contributed by atoms with Gasteiger partial charge < -0.3 is 5.73 Å². The van der Waals surface area contributed by atoms with Crippen LogP contribution in [0, 0.1) is 11.6 Å². The highest BCUT2D eigenvalue weighted by atomic mass is 79.9. The highest BCUT2D eigenvalue weighted by molar-refractivity contribution is 9.10. The lowest BCUT2D eigenvalue weighted by Crippen LogP contribution is -2.15. The maximum Gasteiger partial charge on any atom is 0.132 e. The van der Waals surface area contributed by atoms with Gasteiger partial charge in [0.1, 0.15) is 11.6 Å². The molecule has 2 N–H and O–H groups in total. The lowest BCUT2D eigenvalue weighted by molar-refractivity contribution is 0.543. The highest BCUT2D eigenvalue weighted by Crippen LogP contribution is 2.34. The molecule has 0 saturated carbocycles. The van der Waals surface area contributed by atoms with E-state index in [1.54, 1.807) is 6.07 Å². The molecule has 6 heteroatoms. The molecule has 2 rings (SSSR count). The summed E-state index contributed by atoms with van der Waals surface area (Å²) in [6.07, 6.45) is 0. The normalized spacial score (nSPS) is 12.8. The van der Waals surface area contributed by atoms with Crippen LogP contribution in [0.5, 0.6) is 0 Å². The van der Waals surface area contributed by atoms with E-state index in [0.717, 1.165) is 4.47 Å². The molecule has 1 nitrogen and oxygen atoms in total. The number of rotatable bonds is 2. The summed E-state index contributed by atoms with van der Waals surface area (Å²) in [5.41, 5.74) is 5.78. The van der Waals surface area contributed by atoms with Crippen LogP contribution in [0.2, 0.25) is 0 Å². The van der Waals surface area contributed by atoms with Crippen LogP contribution >= 0.6 is 43.2 Å². The molecule has 0 spiro atoms. The lowest BCUT2D eigenvalue weighted by atomic mass is 10.1. The number of halogens is 4. The zero-order chi connectivity index (χ0) is 12.6. The summed E-state index contributed by atoms with van der Waals surface area (Å²) in [6.45, 7) is 0. The molecule has 0 radical (unpaired) electrons. The van der Waals surface area contributed by atoms with Crippen molar-refractivity contribution in [1.82, 2.24) is 0 Å². The first-order valence-electron chi connectivity index (χ1n) is 4.63. The fourth-order valence-electron chi connectivity index (χ4n) is 1.51. The topological polar surface area (TPSA) is 26.0 Å². The van der Waals surface area contributed by atoms with Crippen molar-refractivity contribution in [2.24, 2.45) is 5.73 Å². The van der Waals surface area contributed by atoms with Crippen molar-refractivity contribution < 1.29 is 8.78 Å². The van der Waals surface area contributed by atoms with Gasteiger partial charge in [-0.05, 0) is 39.5 Å². The molecule has 1 aromatic carbocycles. The Labute approximate surface area is 118 Å².